The quantitative estimate of drug-likeness (QED) is 0.845. The number of rotatable bonds is 4. The van der Waals surface area contributed by atoms with Gasteiger partial charge in [-0.3, -0.25) is 14.5 Å². The highest BCUT2D eigenvalue weighted by Gasteiger charge is 2.34. The van der Waals surface area contributed by atoms with Crippen LogP contribution in [0, 0.1) is 0 Å². The molecule has 0 spiro atoms. The number of alkyl halides is 3. The molecule has 1 aromatic carbocycles. The summed E-state index contributed by atoms with van der Waals surface area (Å²) in [7, 11) is 0. The number of hydrogen-bond donors (Lipinski definition) is 1. The van der Waals surface area contributed by atoms with Gasteiger partial charge in [-0.15, -0.1) is 13.2 Å². The van der Waals surface area contributed by atoms with Crippen LogP contribution in [0.2, 0.25) is 0 Å². The molecule has 1 aromatic rings. The van der Waals surface area contributed by atoms with Gasteiger partial charge in [-0.1, -0.05) is 25.0 Å². The Morgan fingerprint density at radius 1 is 1.07 bits per heavy atom. The van der Waals surface area contributed by atoms with Crippen LogP contribution in [-0.2, 0) is 9.59 Å². The van der Waals surface area contributed by atoms with Crippen LogP contribution in [-0.4, -0.2) is 60.7 Å². The van der Waals surface area contributed by atoms with Gasteiger partial charge >= 0.3 is 6.36 Å². The van der Waals surface area contributed by atoms with Gasteiger partial charge in [0.25, 0.3) is 0 Å². The highest BCUT2D eigenvalue weighted by Crippen LogP contribution is 2.28. The summed E-state index contributed by atoms with van der Waals surface area (Å²) >= 11 is 0. The molecule has 2 heterocycles. The van der Waals surface area contributed by atoms with Gasteiger partial charge in [0.15, 0.2) is 0 Å². The predicted octanol–water partition coefficient (Wildman–Crippen LogP) is 2.46. The molecule has 0 unspecified atom stereocenters. The Bertz CT molecular complexity index is 686. The Morgan fingerprint density at radius 2 is 1.71 bits per heavy atom. The lowest BCUT2D eigenvalue weighted by molar-refractivity contribution is -0.274. The van der Waals surface area contributed by atoms with Crippen LogP contribution in [0.15, 0.2) is 24.3 Å². The van der Waals surface area contributed by atoms with Crippen LogP contribution in [0.5, 0.6) is 5.75 Å². The van der Waals surface area contributed by atoms with Crippen LogP contribution in [0.3, 0.4) is 0 Å². The number of hydrogen-bond acceptors (Lipinski definition) is 4. The molecule has 0 saturated carbocycles. The van der Waals surface area contributed by atoms with Crippen molar-refractivity contribution in [2.45, 2.75) is 38.1 Å². The summed E-state index contributed by atoms with van der Waals surface area (Å²) in [5, 5.41) is 2.76. The Kier molecular flexibility index (Phi) is 6.43. The number of nitrogens with one attached hydrogen (secondary N) is 1. The number of benzene rings is 1. The number of nitrogens with zero attached hydrogens (tertiary/aromatic N) is 2. The summed E-state index contributed by atoms with van der Waals surface area (Å²) in [6, 6.07) is 4.50. The summed E-state index contributed by atoms with van der Waals surface area (Å²) in [5.41, 5.74) is 0.524. The first kappa shape index (κ1) is 20.4. The van der Waals surface area contributed by atoms with E-state index in [2.05, 4.69) is 10.1 Å². The first-order valence-electron chi connectivity index (χ1n) is 9.49. The molecule has 2 amide bonds. The van der Waals surface area contributed by atoms with Gasteiger partial charge in [0.05, 0.1) is 6.54 Å². The molecule has 0 bridgehead atoms. The van der Waals surface area contributed by atoms with Crippen molar-refractivity contribution in [3.05, 3.63) is 29.8 Å². The van der Waals surface area contributed by atoms with Gasteiger partial charge in [-0.05, 0) is 30.5 Å². The largest absolute Gasteiger partial charge is 0.573 e. The first-order chi connectivity index (χ1) is 13.3. The van der Waals surface area contributed by atoms with Crippen LogP contribution in [0.25, 0.3) is 0 Å². The molecule has 3 rings (SSSR count). The molecule has 2 aliphatic rings. The lowest BCUT2D eigenvalue weighted by atomic mass is 10.0. The van der Waals surface area contributed by atoms with Crippen molar-refractivity contribution in [2.75, 3.05) is 32.7 Å². The summed E-state index contributed by atoms with van der Waals surface area (Å²) in [6.45, 7) is 2.49. The highest BCUT2D eigenvalue weighted by atomic mass is 19.4. The van der Waals surface area contributed by atoms with Crippen molar-refractivity contribution in [1.82, 2.24) is 15.1 Å². The van der Waals surface area contributed by atoms with E-state index in [1.54, 1.807) is 4.90 Å². The van der Waals surface area contributed by atoms with E-state index in [9.17, 15) is 22.8 Å². The Hall–Kier alpha value is -2.29. The highest BCUT2D eigenvalue weighted by molar-refractivity contribution is 5.85. The SMILES string of the molecule is O=C1NCCN(CC(=O)N2CCCCCC2)[C@H]1c1ccc(OC(F)(F)F)cc1. The summed E-state index contributed by atoms with van der Waals surface area (Å²) in [5.74, 6) is -0.627. The summed E-state index contributed by atoms with van der Waals surface area (Å²) < 4.78 is 40.9. The number of amides is 2. The molecule has 9 heteroatoms. The molecule has 28 heavy (non-hydrogen) atoms. The Morgan fingerprint density at radius 3 is 2.32 bits per heavy atom. The molecule has 2 fully saturated rings. The standard InChI is InChI=1S/C19H24F3N3O3/c20-19(21,22)28-15-7-5-14(6-8-15)17-18(27)23-9-12-25(17)13-16(26)24-10-3-1-2-4-11-24/h5-8,17H,1-4,9-13H2,(H,23,27)/t17-/m0/s1. The van der Waals surface area contributed by atoms with Crippen molar-refractivity contribution >= 4 is 11.8 Å². The first-order valence-corrected chi connectivity index (χ1v) is 9.49. The average molecular weight is 399 g/mol. The molecule has 1 N–H and O–H groups in total. The van der Waals surface area contributed by atoms with Crippen molar-refractivity contribution in [3.8, 4) is 5.75 Å². The van der Waals surface area contributed by atoms with E-state index < -0.39 is 12.4 Å². The second-order valence-corrected chi connectivity index (χ2v) is 7.08. The molecular formula is C19H24F3N3O3. The smallest absolute Gasteiger partial charge is 0.406 e. The van der Waals surface area contributed by atoms with Crippen molar-refractivity contribution in [2.24, 2.45) is 0 Å². The molecule has 2 saturated heterocycles. The minimum Gasteiger partial charge on any atom is -0.406 e. The average Bonchev–Trinajstić information content (AvgIpc) is 2.91. The van der Waals surface area contributed by atoms with E-state index in [1.165, 1.54) is 24.3 Å². The van der Waals surface area contributed by atoms with E-state index in [4.69, 9.17) is 0 Å². The van der Waals surface area contributed by atoms with E-state index in [0.29, 0.717) is 18.7 Å². The predicted molar refractivity (Wildman–Crippen MR) is 95.5 cm³/mol. The maximum atomic E-state index is 12.7. The molecule has 1 atom stereocenters. The second-order valence-electron chi connectivity index (χ2n) is 7.08. The fourth-order valence-electron chi connectivity index (χ4n) is 3.69. The van der Waals surface area contributed by atoms with E-state index >= 15 is 0 Å². The normalized spacial score (nSPS) is 21.8. The van der Waals surface area contributed by atoms with Gasteiger partial charge < -0.3 is 15.0 Å². The zero-order valence-electron chi connectivity index (χ0n) is 15.5. The van der Waals surface area contributed by atoms with Crippen molar-refractivity contribution in [1.29, 1.82) is 0 Å². The lowest BCUT2D eigenvalue weighted by Gasteiger charge is -2.36. The molecular weight excluding hydrogens is 375 g/mol. The Balaban J connectivity index is 1.71. The molecule has 0 aliphatic carbocycles. The summed E-state index contributed by atoms with van der Waals surface area (Å²) in [4.78, 5) is 28.8. The minimum absolute atomic E-state index is 0.0152. The fourth-order valence-corrected chi connectivity index (χ4v) is 3.69. The zero-order valence-corrected chi connectivity index (χ0v) is 15.5. The topological polar surface area (TPSA) is 61.9 Å². The van der Waals surface area contributed by atoms with E-state index in [1.807, 2.05) is 4.90 Å². The molecule has 2 aliphatic heterocycles. The fraction of sp³-hybridized carbons (Fsp3) is 0.579. The Labute approximate surface area is 161 Å². The minimum atomic E-state index is -4.77. The van der Waals surface area contributed by atoms with E-state index in [-0.39, 0.29) is 24.1 Å². The van der Waals surface area contributed by atoms with Gasteiger partial charge in [-0.2, -0.15) is 0 Å². The van der Waals surface area contributed by atoms with Crippen molar-refractivity contribution in [3.63, 3.8) is 0 Å². The van der Waals surface area contributed by atoms with Gasteiger partial charge in [-0.25, -0.2) is 0 Å². The third kappa shape index (κ3) is 5.37. The maximum Gasteiger partial charge on any atom is 0.573 e. The maximum absolute atomic E-state index is 12.7. The number of piperazine rings is 1. The number of carbonyl (C=O) groups is 2. The van der Waals surface area contributed by atoms with Crippen LogP contribution in [0.4, 0.5) is 13.2 Å². The molecule has 6 nitrogen and oxygen atoms in total. The van der Waals surface area contributed by atoms with Crippen LogP contribution < -0.4 is 10.1 Å². The molecule has 0 radical (unpaired) electrons. The van der Waals surface area contributed by atoms with Crippen LogP contribution in [0.1, 0.15) is 37.3 Å². The lowest BCUT2D eigenvalue weighted by Crippen LogP contribution is -2.53. The van der Waals surface area contributed by atoms with Crippen molar-refractivity contribution < 1.29 is 27.5 Å². The number of halogens is 3. The summed E-state index contributed by atoms with van der Waals surface area (Å²) in [6.07, 6.45) is -0.572. The second kappa shape index (κ2) is 8.81. The molecule has 0 aromatic heterocycles. The number of ether oxygens (including phenoxy) is 1. The number of carbonyl (C=O) groups excluding carboxylic acids is 2. The van der Waals surface area contributed by atoms with Crippen LogP contribution >= 0.6 is 0 Å². The third-order valence-electron chi connectivity index (χ3n) is 5.04. The molecule has 154 valence electrons. The third-order valence-corrected chi connectivity index (χ3v) is 5.04. The zero-order chi connectivity index (χ0) is 20.1. The van der Waals surface area contributed by atoms with E-state index in [0.717, 1.165) is 38.8 Å². The van der Waals surface area contributed by atoms with Gasteiger partial charge in [0.2, 0.25) is 11.8 Å². The monoisotopic (exact) mass is 399 g/mol. The van der Waals surface area contributed by atoms with Gasteiger partial charge in [0.1, 0.15) is 11.8 Å². The van der Waals surface area contributed by atoms with Gasteiger partial charge in [0, 0.05) is 26.2 Å². The number of likely N-dealkylation sites (tertiary alicyclic amines) is 1.